The topological polar surface area (TPSA) is 137 Å². The Morgan fingerprint density at radius 3 is 2.33 bits per heavy atom. The predicted molar refractivity (Wildman–Crippen MR) is 130 cm³/mol. The number of amides is 2. The maximum absolute atomic E-state index is 13.0. The van der Waals surface area contributed by atoms with Crippen LogP contribution in [-0.4, -0.2) is 43.5 Å². The highest BCUT2D eigenvalue weighted by Crippen LogP contribution is 2.28. The normalized spacial score (nSPS) is 18.9. The predicted octanol–water partition coefficient (Wildman–Crippen LogP) is 2.96. The van der Waals surface area contributed by atoms with Crippen molar-refractivity contribution in [2.45, 2.75) is 70.8 Å². The number of carbonyl (C=O) groups excluding carboxylic acids is 3. The monoisotopic (exact) mass is 460 g/mol. The minimum absolute atomic E-state index is 0.0662. The van der Waals surface area contributed by atoms with Crippen LogP contribution < -0.4 is 22.1 Å². The third-order valence-corrected chi connectivity index (χ3v) is 6.25. The Kier molecular flexibility index (Phi) is 11.9. The van der Waals surface area contributed by atoms with Crippen LogP contribution in [0.4, 0.5) is 5.69 Å². The van der Waals surface area contributed by atoms with E-state index < -0.39 is 6.04 Å². The highest BCUT2D eigenvalue weighted by atomic mass is 16.5. The molecule has 1 aliphatic rings. The average molecular weight is 461 g/mol. The maximum Gasteiger partial charge on any atom is 0.338 e. The van der Waals surface area contributed by atoms with Gasteiger partial charge in [-0.2, -0.15) is 0 Å². The van der Waals surface area contributed by atoms with E-state index in [-0.39, 0.29) is 23.7 Å². The molecule has 1 saturated carbocycles. The van der Waals surface area contributed by atoms with Crippen molar-refractivity contribution in [3.8, 4) is 0 Å². The first-order valence-corrected chi connectivity index (χ1v) is 12.3. The molecule has 8 nitrogen and oxygen atoms in total. The summed E-state index contributed by atoms with van der Waals surface area (Å²) in [6, 6.07) is 5.96. The first-order chi connectivity index (χ1) is 16.0. The number of anilines is 1. The summed E-state index contributed by atoms with van der Waals surface area (Å²) in [5.41, 5.74) is 12.3. The lowest BCUT2D eigenvalue weighted by atomic mass is 9.81. The maximum atomic E-state index is 13.0. The molecule has 0 radical (unpaired) electrons. The number of esters is 1. The second kappa shape index (κ2) is 14.6. The summed E-state index contributed by atoms with van der Waals surface area (Å²) < 4.78 is 5.21. The summed E-state index contributed by atoms with van der Waals surface area (Å²) in [5, 5.41) is 5.82. The van der Waals surface area contributed by atoms with Crippen LogP contribution in [0.1, 0.15) is 75.1 Å². The third-order valence-electron chi connectivity index (χ3n) is 6.25. The van der Waals surface area contributed by atoms with Gasteiger partial charge in [0.1, 0.15) is 6.04 Å². The van der Waals surface area contributed by atoms with E-state index in [0.717, 1.165) is 51.4 Å². The summed E-state index contributed by atoms with van der Waals surface area (Å²) in [6.07, 6.45) is 7.35. The van der Waals surface area contributed by atoms with Gasteiger partial charge in [-0.3, -0.25) is 9.59 Å². The summed E-state index contributed by atoms with van der Waals surface area (Å²) in [4.78, 5) is 37.8. The molecule has 0 aliphatic heterocycles. The van der Waals surface area contributed by atoms with Gasteiger partial charge in [-0.1, -0.05) is 13.3 Å². The molecular formula is C25H40N4O4. The molecule has 2 rings (SSSR count). The van der Waals surface area contributed by atoms with Crippen LogP contribution >= 0.6 is 0 Å². The van der Waals surface area contributed by atoms with Crippen molar-refractivity contribution in [3.05, 3.63) is 29.8 Å². The van der Waals surface area contributed by atoms with Crippen molar-refractivity contribution in [1.29, 1.82) is 0 Å². The van der Waals surface area contributed by atoms with Crippen LogP contribution in [0.25, 0.3) is 0 Å². The first kappa shape index (κ1) is 26.8. The number of unbranched alkanes of at least 4 members (excludes halogenated alkanes) is 2. The number of rotatable bonds is 13. The molecule has 2 amide bonds. The van der Waals surface area contributed by atoms with Gasteiger partial charge >= 0.3 is 5.97 Å². The van der Waals surface area contributed by atoms with Gasteiger partial charge in [0.05, 0.1) is 12.2 Å². The zero-order chi connectivity index (χ0) is 24.1. The molecule has 1 aliphatic carbocycles. The Bertz CT molecular complexity index is 745. The lowest BCUT2D eigenvalue weighted by molar-refractivity contribution is -0.130. The van der Waals surface area contributed by atoms with Crippen molar-refractivity contribution in [3.63, 3.8) is 0 Å². The fraction of sp³-hybridized carbons (Fsp3) is 0.640. The molecule has 8 heteroatoms. The van der Waals surface area contributed by atoms with Gasteiger partial charge in [-0.05, 0) is 94.6 Å². The Hall–Kier alpha value is -2.45. The Labute approximate surface area is 197 Å². The molecule has 1 atom stereocenters. The quantitative estimate of drug-likeness (QED) is 0.264. The van der Waals surface area contributed by atoms with E-state index in [1.807, 2.05) is 6.92 Å². The van der Waals surface area contributed by atoms with Gasteiger partial charge in [0.15, 0.2) is 0 Å². The molecule has 0 bridgehead atoms. The molecule has 6 N–H and O–H groups in total. The van der Waals surface area contributed by atoms with Crippen molar-refractivity contribution in [1.82, 2.24) is 5.32 Å². The van der Waals surface area contributed by atoms with E-state index in [1.54, 1.807) is 24.3 Å². The molecule has 184 valence electrons. The number of carbonyl (C=O) groups is 3. The standard InChI is InChI=1S/C25H40N4O4/c1-2-3-16-33-25(32)20-11-13-21(14-12-20)28-24(31)22(6-4-5-15-26)29-23(30)19-9-7-18(17-27)8-10-19/h11-14,18-19,22H,2-10,15-17,26-27H2,1H3,(H,28,31)(H,29,30)/t18?,19?,22-/m0/s1. The van der Waals surface area contributed by atoms with E-state index in [0.29, 0.717) is 43.3 Å². The summed E-state index contributed by atoms with van der Waals surface area (Å²) in [6.45, 7) is 3.63. The molecular weight excluding hydrogens is 420 g/mol. The number of benzene rings is 1. The summed E-state index contributed by atoms with van der Waals surface area (Å²) >= 11 is 0. The number of nitrogens with two attached hydrogens (primary N) is 2. The number of hydrogen-bond donors (Lipinski definition) is 4. The van der Waals surface area contributed by atoms with E-state index in [4.69, 9.17) is 16.2 Å². The Morgan fingerprint density at radius 2 is 1.73 bits per heavy atom. The molecule has 0 heterocycles. The zero-order valence-electron chi connectivity index (χ0n) is 19.8. The van der Waals surface area contributed by atoms with Gasteiger partial charge in [0, 0.05) is 11.6 Å². The average Bonchev–Trinajstić information content (AvgIpc) is 2.84. The minimum atomic E-state index is -0.630. The third kappa shape index (κ3) is 9.14. The smallest absolute Gasteiger partial charge is 0.338 e. The Balaban J connectivity index is 1.94. The van der Waals surface area contributed by atoms with E-state index >= 15 is 0 Å². The molecule has 33 heavy (non-hydrogen) atoms. The number of ether oxygens (including phenoxy) is 1. The van der Waals surface area contributed by atoms with E-state index in [9.17, 15) is 14.4 Å². The molecule has 0 spiro atoms. The number of hydrogen-bond acceptors (Lipinski definition) is 6. The summed E-state index contributed by atoms with van der Waals surface area (Å²) in [7, 11) is 0. The van der Waals surface area contributed by atoms with Crippen molar-refractivity contribution in [2.24, 2.45) is 23.3 Å². The molecule has 1 fully saturated rings. The molecule has 0 aromatic heterocycles. The molecule has 1 aromatic carbocycles. The van der Waals surface area contributed by atoms with Crippen LogP contribution in [0.2, 0.25) is 0 Å². The van der Waals surface area contributed by atoms with Gasteiger partial charge in [-0.15, -0.1) is 0 Å². The second-order valence-electron chi connectivity index (χ2n) is 8.86. The SMILES string of the molecule is CCCCOC(=O)c1ccc(NC(=O)[C@H](CCCCN)NC(=O)C2CCC(CN)CC2)cc1. The highest BCUT2D eigenvalue weighted by molar-refractivity contribution is 5.98. The summed E-state index contributed by atoms with van der Waals surface area (Å²) in [5.74, 6) is -0.296. The molecule has 0 unspecified atom stereocenters. The molecule has 1 aromatic rings. The van der Waals surface area contributed by atoms with Gasteiger partial charge < -0.3 is 26.8 Å². The van der Waals surface area contributed by atoms with Crippen molar-refractivity contribution >= 4 is 23.5 Å². The van der Waals surface area contributed by atoms with Gasteiger partial charge in [-0.25, -0.2) is 4.79 Å². The second-order valence-corrected chi connectivity index (χ2v) is 8.86. The fourth-order valence-electron chi connectivity index (χ4n) is 4.02. The first-order valence-electron chi connectivity index (χ1n) is 12.3. The van der Waals surface area contributed by atoms with Crippen molar-refractivity contribution < 1.29 is 19.1 Å². The van der Waals surface area contributed by atoms with Crippen LogP contribution in [0.15, 0.2) is 24.3 Å². The zero-order valence-corrected chi connectivity index (χ0v) is 19.8. The Morgan fingerprint density at radius 1 is 1.03 bits per heavy atom. The lowest BCUT2D eigenvalue weighted by Crippen LogP contribution is -2.46. The van der Waals surface area contributed by atoms with E-state index in [1.165, 1.54) is 0 Å². The van der Waals surface area contributed by atoms with Gasteiger partial charge in [0.2, 0.25) is 11.8 Å². The highest BCUT2D eigenvalue weighted by Gasteiger charge is 2.29. The lowest BCUT2D eigenvalue weighted by Gasteiger charge is -2.28. The van der Waals surface area contributed by atoms with E-state index in [2.05, 4.69) is 10.6 Å². The van der Waals surface area contributed by atoms with Gasteiger partial charge in [0.25, 0.3) is 0 Å². The van der Waals surface area contributed by atoms with Crippen LogP contribution in [0, 0.1) is 11.8 Å². The number of nitrogens with one attached hydrogen (secondary N) is 2. The minimum Gasteiger partial charge on any atom is -0.462 e. The van der Waals surface area contributed by atoms with Crippen LogP contribution in [-0.2, 0) is 14.3 Å². The van der Waals surface area contributed by atoms with Crippen LogP contribution in [0.3, 0.4) is 0 Å². The van der Waals surface area contributed by atoms with Crippen LogP contribution in [0.5, 0.6) is 0 Å². The largest absolute Gasteiger partial charge is 0.462 e. The molecule has 0 saturated heterocycles. The fourth-order valence-corrected chi connectivity index (χ4v) is 4.02. The van der Waals surface area contributed by atoms with Crippen molar-refractivity contribution in [2.75, 3.05) is 25.0 Å².